The minimum Gasteiger partial charge on any atom is -0.493 e. The van der Waals surface area contributed by atoms with Gasteiger partial charge in [-0.2, -0.15) is 0 Å². The van der Waals surface area contributed by atoms with Gasteiger partial charge in [0.2, 0.25) is 6.41 Å². The predicted octanol–water partition coefficient (Wildman–Crippen LogP) is 6.73. The highest BCUT2D eigenvalue weighted by molar-refractivity contribution is 5.76. The lowest BCUT2D eigenvalue weighted by Gasteiger charge is -2.13. The van der Waals surface area contributed by atoms with Crippen LogP contribution in [-0.4, -0.2) is 19.6 Å². The number of carbonyl (C=O) groups excluding carboxylic acids is 1. The van der Waals surface area contributed by atoms with Crippen LogP contribution in [0.3, 0.4) is 0 Å². The molecule has 0 radical (unpaired) electrons. The zero-order valence-corrected chi connectivity index (χ0v) is 17.4. The summed E-state index contributed by atoms with van der Waals surface area (Å²) in [5.41, 5.74) is 0.697. The quantitative estimate of drug-likeness (QED) is 0.228. The van der Waals surface area contributed by atoms with Crippen molar-refractivity contribution in [3.63, 3.8) is 0 Å². The molecule has 1 aromatic rings. The van der Waals surface area contributed by atoms with Crippen LogP contribution >= 0.6 is 0 Å². The first-order valence-corrected chi connectivity index (χ1v) is 10.9. The summed E-state index contributed by atoms with van der Waals surface area (Å²) in [6.07, 6.45) is 15.5. The lowest BCUT2D eigenvalue weighted by molar-refractivity contribution is -0.105. The molecule has 0 aliphatic rings. The van der Waals surface area contributed by atoms with E-state index < -0.39 is 0 Å². The van der Waals surface area contributed by atoms with E-state index in [0.717, 1.165) is 25.2 Å². The Labute approximate surface area is 166 Å². The summed E-state index contributed by atoms with van der Waals surface area (Å²) >= 11 is 0. The molecule has 0 saturated carbocycles. The first-order chi connectivity index (χ1) is 13.3. The number of carbonyl (C=O) groups is 1. The van der Waals surface area contributed by atoms with Crippen LogP contribution in [0.2, 0.25) is 0 Å². The van der Waals surface area contributed by atoms with Crippen LogP contribution in [0.4, 0.5) is 5.69 Å². The standard InChI is InChI=1S/C23H39NO3/c1-3-5-7-9-11-13-17-26-21-15-16-22(24-20-25)23(19-21)27-18-14-12-10-8-6-4-2/h15-16,19-20H,3-14,17-18H2,1-2H3,(H,24,25). The molecule has 0 aliphatic heterocycles. The van der Waals surface area contributed by atoms with Gasteiger partial charge in [0.1, 0.15) is 11.5 Å². The summed E-state index contributed by atoms with van der Waals surface area (Å²) in [5, 5.41) is 2.71. The maximum absolute atomic E-state index is 10.8. The third kappa shape index (κ3) is 11.6. The SMILES string of the molecule is CCCCCCCCOc1ccc(NC=O)c(OCCCCCCCC)c1. The van der Waals surface area contributed by atoms with Crippen molar-refractivity contribution in [2.24, 2.45) is 0 Å². The van der Waals surface area contributed by atoms with Crippen molar-refractivity contribution < 1.29 is 14.3 Å². The molecular weight excluding hydrogens is 338 g/mol. The van der Waals surface area contributed by atoms with Gasteiger partial charge < -0.3 is 14.8 Å². The van der Waals surface area contributed by atoms with Crippen molar-refractivity contribution in [2.75, 3.05) is 18.5 Å². The van der Waals surface area contributed by atoms with Gasteiger partial charge in [-0.3, -0.25) is 4.79 Å². The van der Waals surface area contributed by atoms with Gasteiger partial charge in [-0.1, -0.05) is 78.1 Å². The van der Waals surface area contributed by atoms with Gasteiger partial charge in [-0.05, 0) is 25.0 Å². The molecule has 0 aliphatic carbocycles. The Balaban J connectivity index is 2.35. The fourth-order valence-corrected chi connectivity index (χ4v) is 3.03. The van der Waals surface area contributed by atoms with Crippen LogP contribution in [-0.2, 0) is 4.79 Å². The molecule has 0 spiro atoms. The average Bonchev–Trinajstić information content (AvgIpc) is 2.68. The normalized spacial score (nSPS) is 10.6. The zero-order valence-electron chi connectivity index (χ0n) is 17.4. The molecule has 1 aromatic carbocycles. The smallest absolute Gasteiger partial charge is 0.211 e. The number of hydrogen-bond donors (Lipinski definition) is 1. The topological polar surface area (TPSA) is 47.6 Å². The number of benzene rings is 1. The first kappa shape index (κ1) is 23.3. The summed E-state index contributed by atoms with van der Waals surface area (Å²) < 4.78 is 11.8. The lowest BCUT2D eigenvalue weighted by atomic mass is 10.1. The first-order valence-electron chi connectivity index (χ1n) is 10.9. The van der Waals surface area contributed by atoms with Crippen molar-refractivity contribution in [3.05, 3.63) is 18.2 Å². The highest BCUT2D eigenvalue weighted by Gasteiger charge is 2.06. The maximum atomic E-state index is 10.8. The average molecular weight is 378 g/mol. The fourth-order valence-electron chi connectivity index (χ4n) is 3.03. The van der Waals surface area contributed by atoms with Gasteiger partial charge >= 0.3 is 0 Å². The molecule has 0 unspecified atom stereocenters. The number of hydrogen-bond acceptors (Lipinski definition) is 3. The molecule has 1 N–H and O–H groups in total. The number of nitrogens with one attached hydrogen (secondary N) is 1. The number of anilines is 1. The van der Waals surface area contributed by atoms with Gasteiger partial charge in [-0.25, -0.2) is 0 Å². The van der Waals surface area contributed by atoms with Gasteiger partial charge in [0.25, 0.3) is 0 Å². The van der Waals surface area contributed by atoms with Gasteiger partial charge in [-0.15, -0.1) is 0 Å². The van der Waals surface area contributed by atoms with Crippen molar-refractivity contribution in [2.45, 2.75) is 90.9 Å². The van der Waals surface area contributed by atoms with E-state index in [-0.39, 0.29) is 0 Å². The molecule has 27 heavy (non-hydrogen) atoms. The van der Waals surface area contributed by atoms with E-state index in [0.29, 0.717) is 24.5 Å². The van der Waals surface area contributed by atoms with Crippen LogP contribution in [0.15, 0.2) is 18.2 Å². The third-order valence-corrected chi connectivity index (χ3v) is 4.69. The minimum absolute atomic E-state index is 0.667. The number of ether oxygens (including phenoxy) is 2. The van der Waals surface area contributed by atoms with E-state index in [2.05, 4.69) is 19.2 Å². The molecule has 0 aromatic heterocycles. The maximum Gasteiger partial charge on any atom is 0.211 e. The monoisotopic (exact) mass is 377 g/mol. The number of unbranched alkanes of at least 4 members (excludes halogenated alkanes) is 10. The Kier molecular flexibility index (Phi) is 14.2. The van der Waals surface area contributed by atoms with Crippen LogP contribution in [0.1, 0.15) is 90.9 Å². The highest BCUT2D eigenvalue weighted by atomic mass is 16.5. The Morgan fingerprint density at radius 3 is 1.93 bits per heavy atom. The fraction of sp³-hybridized carbons (Fsp3) is 0.696. The minimum atomic E-state index is 0.667. The molecule has 0 atom stereocenters. The molecule has 0 saturated heterocycles. The second-order valence-electron chi connectivity index (χ2n) is 7.15. The molecule has 1 rings (SSSR count). The molecular formula is C23H39NO3. The second-order valence-corrected chi connectivity index (χ2v) is 7.15. The third-order valence-electron chi connectivity index (χ3n) is 4.69. The van der Waals surface area contributed by atoms with Gasteiger partial charge in [0.15, 0.2) is 0 Å². The summed E-state index contributed by atoms with van der Waals surface area (Å²) in [4.78, 5) is 10.8. The van der Waals surface area contributed by atoms with Crippen LogP contribution < -0.4 is 14.8 Å². The van der Waals surface area contributed by atoms with E-state index in [4.69, 9.17) is 9.47 Å². The molecule has 0 bridgehead atoms. The molecule has 4 heteroatoms. The van der Waals surface area contributed by atoms with E-state index in [1.807, 2.05) is 18.2 Å². The number of amides is 1. The summed E-state index contributed by atoms with van der Waals surface area (Å²) in [7, 11) is 0. The van der Waals surface area contributed by atoms with Crippen molar-refractivity contribution in [1.82, 2.24) is 0 Å². The van der Waals surface area contributed by atoms with Gasteiger partial charge in [0.05, 0.1) is 18.9 Å². The Bertz CT molecular complexity index is 491. The molecule has 0 heterocycles. The Hall–Kier alpha value is -1.71. The highest BCUT2D eigenvalue weighted by Crippen LogP contribution is 2.29. The second kappa shape index (κ2) is 16.5. The Morgan fingerprint density at radius 2 is 1.33 bits per heavy atom. The van der Waals surface area contributed by atoms with Gasteiger partial charge in [0, 0.05) is 6.07 Å². The number of rotatable bonds is 18. The van der Waals surface area contributed by atoms with Crippen molar-refractivity contribution in [3.8, 4) is 11.5 Å². The van der Waals surface area contributed by atoms with Crippen LogP contribution in [0.25, 0.3) is 0 Å². The lowest BCUT2D eigenvalue weighted by Crippen LogP contribution is -2.04. The van der Waals surface area contributed by atoms with E-state index in [9.17, 15) is 4.79 Å². The zero-order chi connectivity index (χ0) is 19.6. The largest absolute Gasteiger partial charge is 0.493 e. The van der Waals surface area contributed by atoms with E-state index in [1.54, 1.807) is 0 Å². The Morgan fingerprint density at radius 1 is 0.778 bits per heavy atom. The van der Waals surface area contributed by atoms with Crippen molar-refractivity contribution >= 4 is 12.1 Å². The molecule has 1 amide bonds. The van der Waals surface area contributed by atoms with E-state index >= 15 is 0 Å². The molecule has 4 nitrogen and oxygen atoms in total. The summed E-state index contributed by atoms with van der Waals surface area (Å²) in [6, 6.07) is 5.63. The van der Waals surface area contributed by atoms with Crippen molar-refractivity contribution in [1.29, 1.82) is 0 Å². The van der Waals surface area contributed by atoms with Crippen LogP contribution in [0, 0.1) is 0 Å². The van der Waals surface area contributed by atoms with Crippen LogP contribution in [0.5, 0.6) is 11.5 Å². The predicted molar refractivity (Wildman–Crippen MR) is 114 cm³/mol. The van der Waals surface area contributed by atoms with E-state index in [1.165, 1.54) is 64.2 Å². The molecule has 154 valence electrons. The summed E-state index contributed by atoms with van der Waals surface area (Å²) in [5.74, 6) is 1.49. The molecule has 0 fully saturated rings. The summed E-state index contributed by atoms with van der Waals surface area (Å²) in [6.45, 7) is 5.86.